The number of carbonyl (C=O) groups excluding carboxylic acids is 4. The topological polar surface area (TPSA) is 737 Å². The number of ether oxygens (including phenoxy) is 18. The Balaban J connectivity index is 0.752. The highest BCUT2D eigenvalue weighted by Gasteiger charge is 2.74. The van der Waals surface area contributed by atoms with Gasteiger partial charge in [0.2, 0.25) is 12.1 Å². The van der Waals surface area contributed by atoms with Gasteiger partial charge in [-0.3, -0.25) is 14.4 Å². The number of aldehydes is 1. The van der Waals surface area contributed by atoms with Crippen LogP contribution in [0.4, 0.5) is 0 Å². The lowest BCUT2D eigenvalue weighted by Crippen LogP contribution is -2.69. The van der Waals surface area contributed by atoms with Crippen molar-refractivity contribution in [2.75, 3.05) is 46.2 Å². The predicted molar refractivity (Wildman–Crippen MR) is 464 cm³/mol. The molecule has 140 heavy (non-hydrogen) atoms. The summed E-state index contributed by atoms with van der Waals surface area (Å²) in [5.41, 5.74) is -7.90. The lowest BCUT2D eigenvalue weighted by atomic mass is 9.33. The first kappa shape index (κ1) is 113. The molecule has 50 atom stereocenters. The maximum atomic E-state index is 16.4. The first-order valence-electron chi connectivity index (χ1n) is 48.8. The summed E-state index contributed by atoms with van der Waals surface area (Å²) in [6, 6.07) is 0. The number of carbonyl (C=O) groups is 5. The maximum absolute atomic E-state index is 16.4. The van der Waals surface area contributed by atoms with Crippen LogP contribution in [0.3, 0.4) is 0 Å². The van der Waals surface area contributed by atoms with Gasteiger partial charge < -0.3 is 213 Å². The fourth-order valence-corrected chi connectivity index (χ4v) is 24.4. The van der Waals surface area contributed by atoms with E-state index in [1.807, 2.05) is 27.7 Å². The van der Waals surface area contributed by atoms with Crippen LogP contribution < -0.4 is 0 Å². The highest BCUT2D eigenvalue weighted by atomic mass is 16.8. The van der Waals surface area contributed by atoms with Crippen LogP contribution in [0.1, 0.15) is 186 Å². The number of carboxylic acids is 1. The third-order valence-corrected chi connectivity index (χ3v) is 33.7. The van der Waals surface area contributed by atoms with E-state index in [-0.39, 0.29) is 63.2 Å². The summed E-state index contributed by atoms with van der Waals surface area (Å²) in [4.78, 5) is 72.2. The average molecular weight is 2020 g/mol. The Hall–Kier alpha value is -4.23. The van der Waals surface area contributed by atoms with Crippen LogP contribution in [0.2, 0.25) is 0 Å². The molecule has 47 nitrogen and oxygen atoms in total. The number of allylic oxidation sites excluding steroid dienone is 2. The third-order valence-electron chi connectivity index (χ3n) is 33.7. The predicted octanol–water partition coefficient (Wildman–Crippen LogP) is -5.97. The van der Waals surface area contributed by atoms with Gasteiger partial charge >= 0.3 is 23.9 Å². The van der Waals surface area contributed by atoms with E-state index in [4.69, 9.17) is 85.3 Å². The molecular formula is C93H150O47. The van der Waals surface area contributed by atoms with E-state index in [0.717, 1.165) is 5.57 Å². The minimum Gasteiger partial charge on any atom is -0.477 e. The standard InChI is InChI=1S/C93H150O47/c1-13-38(3)47(128-57(103)25-43(100)24-48(39(4)14-2)139-93(122)37-124-52(32-96)74(93)115)23-42(99)26-58(104)133-70-41(6)127-80(73(67(70)113)137-77-66(112)63(109)69(40(5)126-77)134-76-68(114)71(46(101)33-123-76)135-82-75(116)90(120,35-98)36-125-82)138-84(119)91-22-21-85(7,8)27-45(91)44-15-16-54-86(9)19-18-56(87(10,34-97)53(86)17-20-88(54,11)89(44,12)29-55(91)102)132-81-72(136-79-65(111)62(108)60(106)51(31-95)131-79)49(28-92(121,140-81)83(117)118)129-78-64(110)61(107)59(105)50(30-94)130-78/h15,34,38-43,45-56,59-82,94-96,98-102,105-116,120-122H,13-14,16-33,35-37H2,1-12H3,(H,117,118)/t38-,39-,40?,41?,42-,43-,45?,46?,47-,48-,49?,50?,51?,52-,53?,54?,55+,56-,59+,60-,61?,62?,63?,64?,65?,66-,67?,68?,69-,70+,71-,72?,73?,74?,75?,76+,77-,78+,79-,80-,81+,82-,86-,87-,88+,89+,90?,91+,92?,93?/m0/s1. The molecule has 8 saturated heterocycles. The van der Waals surface area contributed by atoms with Crippen molar-refractivity contribution in [2.24, 2.45) is 62.1 Å². The van der Waals surface area contributed by atoms with Gasteiger partial charge in [-0.25, -0.2) is 4.79 Å². The number of fused-ring (bicyclic) bond motifs is 7. The summed E-state index contributed by atoms with van der Waals surface area (Å²) in [5, 5.41) is 268. The summed E-state index contributed by atoms with van der Waals surface area (Å²) in [6.07, 6.45) is -63.7. The fraction of sp³-hybridized carbons (Fsp3) is 0.925. The van der Waals surface area contributed by atoms with E-state index in [2.05, 4.69) is 19.9 Å². The van der Waals surface area contributed by atoms with Crippen LogP contribution in [0, 0.1) is 62.1 Å². The molecule has 8 heterocycles. The number of rotatable bonds is 36. The Morgan fingerprint density at radius 1 is 0.521 bits per heavy atom. The lowest BCUT2D eigenvalue weighted by Gasteiger charge is -2.71. The summed E-state index contributed by atoms with van der Waals surface area (Å²) in [7, 11) is 0. The Kier molecular flexibility index (Phi) is 35.6. The van der Waals surface area contributed by atoms with Crippen molar-refractivity contribution in [3.63, 3.8) is 0 Å². The highest BCUT2D eigenvalue weighted by molar-refractivity contribution is 5.80. The van der Waals surface area contributed by atoms with Gasteiger partial charge in [0.15, 0.2) is 49.9 Å². The van der Waals surface area contributed by atoms with Crippen molar-refractivity contribution < 1.29 is 232 Å². The number of aliphatic hydroxyl groups excluding tert-OH is 20. The molecule has 4 saturated carbocycles. The number of esters is 3. The molecule has 12 fully saturated rings. The number of hydrogen-bond donors (Lipinski definition) is 24. The van der Waals surface area contributed by atoms with Crippen molar-refractivity contribution in [3.05, 3.63) is 11.6 Å². The summed E-state index contributed by atoms with van der Waals surface area (Å²) >= 11 is 0. The van der Waals surface area contributed by atoms with Crippen molar-refractivity contribution in [1.82, 2.24) is 0 Å². The first-order chi connectivity index (χ1) is 65.6. The second-order valence-electron chi connectivity index (χ2n) is 43.2. The molecular weight excluding hydrogens is 1870 g/mol. The minimum absolute atomic E-state index is 0.000451. The largest absolute Gasteiger partial charge is 0.477 e. The molecule has 23 unspecified atom stereocenters. The maximum Gasteiger partial charge on any atom is 0.364 e. The van der Waals surface area contributed by atoms with E-state index < -0.39 is 384 Å². The van der Waals surface area contributed by atoms with Crippen molar-refractivity contribution in [2.45, 2.75) is 430 Å². The zero-order valence-corrected chi connectivity index (χ0v) is 80.8. The van der Waals surface area contributed by atoms with Gasteiger partial charge in [-0.05, 0) is 123 Å². The zero-order chi connectivity index (χ0) is 103. The highest BCUT2D eigenvalue weighted by Crippen LogP contribution is 2.76. The fourth-order valence-electron chi connectivity index (χ4n) is 24.4. The lowest BCUT2D eigenvalue weighted by molar-refractivity contribution is -0.412. The molecule has 5 aliphatic carbocycles. The number of aliphatic hydroxyl groups is 23. The molecule has 0 aromatic rings. The van der Waals surface area contributed by atoms with Gasteiger partial charge in [-0.1, -0.05) is 93.7 Å². The molecule has 13 rings (SSSR count). The summed E-state index contributed by atoms with van der Waals surface area (Å²) in [5.74, 6) is -13.2. The molecule has 0 amide bonds. The Labute approximate surface area is 808 Å². The minimum atomic E-state index is -3.28. The quantitative estimate of drug-likeness (QED) is 0.00693. The first-order valence-corrected chi connectivity index (χ1v) is 48.8. The molecule has 24 N–H and O–H groups in total. The van der Waals surface area contributed by atoms with Crippen LogP contribution in [-0.2, 0) is 109 Å². The smallest absolute Gasteiger partial charge is 0.364 e. The monoisotopic (exact) mass is 2020 g/mol. The molecule has 0 aromatic carbocycles. The van der Waals surface area contributed by atoms with E-state index in [9.17, 15) is 142 Å². The van der Waals surface area contributed by atoms with Crippen molar-refractivity contribution in [3.8, 4) is 0 Å². The normalized spacial score (nSPS) is 48.8. The van der Waals surface area contributed by atoms with Crippen LogP contribution in [0.25, 0.3) is 0 Å². The molecule has 13 aliphatic rings. The van der Waals surface area contributed by atoms with Gasteiger partial charge in [-0.15, -0.1) is 0 Å². The van der Waals surface area contributed by atoms with Crippen LogP contribution in [0.15, 0.2) is 11.6 Å². The SMILES string of the molecule is CC[C@H](C)[C@H](C[C@H](O)CC(=O)O[C@@H]1C(C)O[C@@H](OC(=O)[C@]23CCC(C)(C)CC2C2=CCC4[C@@]5(C)CC[C@H](O[C@@H]6OC(O)(C(=O)O)CC(O[C@@H]7OC(CO)[C@@H](O)C(O)C7O)C6O[C@@H]6OC(CO)[C@H](O)C(O)C6O)[C@@](C)(C=O)C5CC[C@@]4(C)[C@]2(C)C[C@H]3O)C(O[C@@H]2OC(C)[C@H](O[C@H]3OCC(O)[C@H](O[C@@H]4OCC(O)(CO)C4O)C3O)C(O)[C@@H]2O)C1O)OC(=O)C[C@@H](O)C[C@H](OC1(O)CO[C@@H](CO)C1O)[C@@H](C)CC. The van der Waals surface area contributed by atoms with E-state index in [1.54, 1.807) is 27.7 Å². The Morgan fingerprint density at radius 2 is 1.09 bits per heavy atom. The molecule has 8 aliphatic heterocycles. The number of aliphatic carboxylic acids is 1. The molecule has 0 aromatic heterocycles. The van der Waals surface area contributed by atoms with E-state index in [0.29, 0.717) is 38.4 Å². The van der Waals surface area contributed by atoms with Gasteiger partial charge in [0.1, 0.15) is 146 Å². The molecule has 0 radical (unpaired) electrons. The second kappa shape index (κ2) is 44.1. The van der Waals surface area contributed by atoms with Gasteiger partial charge in [0.05, 0.1) is 107 Å². The molecule has 47 heteroatoms. The van der Waals surface area contributed by atoms with Crippen molar-refractivity contribution >= 4 is 30.2 Å². The molecule has 0 bridgehead atoms. The van der Waals surface area contributed by atoms with Crippen LogP contribution in [0.5, 0.6) is 0 Å². The summed E-state index contributed by atoms with van der Waals surface area (Å²) < 4.78 is 108. The third kappa shape index (κ3) is 21.6. The zero-order valence-electron chi connectivity index (χ0n) is 80.8. The van der Waals surface area contributed by atoms with E-state index in [1.165, 1.54) is 13.8 Å². The molecule has 0 spiro atoms. The molecule has 804 valence electrons. The van der Waals surface area contributed by atoms with Gasteiger partial charge in [0, 0.05) is 19.3 Å². The summed E-state index contributed by atoms with van der Waals surface area (Å²) in [6.45, 7) is 16.5. The number of hydrogen-bond acceptors (Lipinski definition) is 46. The van der Waals surface area contributed by atoms with E-state index >= 15 is 4.79 Å². The average Bonchev–Trinajstić information content (AvgIpc) is 0.718. The van der Waals surface area contributed by atoms with Gasteiger partial charge in [-0.2, -0.15) is 0 Å². The Bertz CT molecular complexity index is 4190. The van der Waals surface area contributed by atoms with Crippen LogP contribution >= 0.6 is 0 Å². The Morgan fingerprint density at radius 3 is 1.68 bits per heavy atom. The van der Waals surface area contributed by atoms with Crippen LogP contribution in [-0.4, -0.2) is 443 Å². The number of carboxylic acid groups (broad SMARTS) is 1. The second-order valence-corrected chi connectivity index (χ2v) is 43.2. The van der Waals surface area contributed by atoms with Crippen molar-refractivity contribution in [1.29, 1.82) is 0 Å². The van der Waals surface area contributed by atoms with Gasteiger partial charge in [0.25, 0.3) is 5.79 Å².